The zero-order valence-corrected chi connectivity index (χ0v) is 14.2. The molecule has 0 fully saturated rings. The highest BCUT2D eigenvalue weighted by molar-refractivity contribution is 5.91. The second-order valence-corrected chi connectivity index (χ2v) is 6.23. The van der Waals surface area contributed by atoms with Crippen LogP contribution in [0.3, 0.4) is 0 Å². The summed E-state index contributed by atoms with van der Waals surface area (Å²) in [6, 6.07) is 3.52. The molecule has 1 amide bonds. The zero-order valence-electron chi connectivity index (χ0n) is 14.2. The molecule has 1 aliphatic rings. The first-order valence-electron chi connectivity index (χ1n) is 8.24. The lowest BCUT2D eigenvalue weighted by Gasteiger charge is -2.19. The summed E-state index contributed by atoms with van der Waals surface area (Å²) < 4.78 is 9.14. The maximum atomic E-state index is 12.7. The topological polar surface area (TPSA) is 94.9 Å². The molecule has 0 aliphatic carbocycles. The molecule has 0 unspecified atom stereocenters. The summed E-state index contributed by atoms with van der Waals surface area (Å²) in [5.74, 6) is 0.991. The number of hydrogen-bond acceptors (Lipinski definition) is 6. The van der Waals surface area contributed by atoms with Gasteiger partial charge in [0.1, 0.15) is 11.5 Å². The molecule has 25 heavy (non-hydrogen) atoms. The summed E-state index contributed by atoms with van der Waals surface area (Å²) in [5.41, 5.74) is 2.70. The van der Waals surface area contributed by atoms with Gasteiger partial charge in [-0.05, 0) is 32.4 Å². The van der Waals surface area contributed by atoms with Crippen LogP contribution in [0.2, 0.25) is 0 Å². The van der Waals surface area contributed by atoms with Crippen molar-refractivity contribution in [2.75, 3.05) is 6.54 Å². The Morgan fingerprint density at radius 2 is 2.12 bits per heavy atom. The molecule has 9 nitrogen and oxygen atoms in total. The minimum absolute atomic E-state index is 0.106. The van der Waals surface area contributed by atoms with E-state index in [4.69, 9.17) is 4.42 Å². The van der Waals surface area contributed by atoms with Gasteiger partial charge in [0.2, 0.25) is 0 Å². The molecule has 1 aliphatic heterocycles. The predicted octanol–water partition coefficient (Wildman–Crippen LogP) is 1.17. The summed E-state index contributed by atoms with van der Waals surface area (Å²) in [5, 5.41) is 16.5. The predicted molar refractivity (Wildman–Crippen MR) is 86.7 cm³/mol. The molecule has 130 valence electrons. The molecule has 9 heteroatoms. The first-order valence-corrected chi connectivity index (χ1v) is 8.24. The normalized spacial score (nSPS) is 14.4. The molecule has 0 bridgehead atoms. The lowest BCUT2D eigenvalue weighted by atomic mass is 10.2. The minimum Gasteiger partial charge on any atom is -0.456 e. The van der Waals surface area contributed by atoms with Crippen LogP contribution in [0.4, 0.5) is 0 Å². The second kappa shape index (κ2) is 6.15. The number of fused-ring (bicyclic) bond motifs is 1. The van der Waals surface area contributed by atoms with Crippen molar-refractivity contribution in [1.29, 1.82) is 0 Å². The zero-order chi connectivity index (χ0) is 17.4. The first kappa shape index (κ1) is 15.6. The number of amides is 1. The van der Waals surface area contributed by atoms with Gasteiger partial charge in [0, 0.05) is 13.1 Å². The van der Waals surface area contributed by atoms with Crippen LogP contribution in [-0.4, -0.2) is 47.3 Å². The number of carbonyl (C=O) groups is 1. The van der Waals surface area contributed by atoms with E-state index in [9.17, 15) is 4.79 Å². The Kier molecular flexibility index (Phi) is 3.83. The van der Waals surface area contributed by atoms with Crippen LogP contribution in [0.1, 0.15) is 39.8 Å². The monoisotopic (exact) mass is 341 g/mol. The fraction of sp³-hybridized carbons (Fsp3) is 0.438. The van der Waals surface area contributed by atoms with Gasteiger partial charge in [-0.3, -0.25) is 4.79 Å². The number of hydrogen-bond donors (Lipinski definition) is 0. The summed E-state index contributed by atoms with van der Waals surface area (Å²) in [6.45, 7) is 6.11. The molecule has 0 atom stereocenters. The number of furan rings is 1. The Hall–Kier alpha value is -2.97. The van der Waals surface area contributed by atoms with E-state index >= 15 is 0 Å². The number of nitrogens with zero attached hydrogens (tertiary/aromatic N) is 7. The highest BCUT2D eigenvalue weighted by Gasteiger charge is 2.26. The molecule has 0 aromatic carbocycles. The molecule has 0 N–H and O–H groups in total. The van der Waals surface area contributed by atoms with E-state index in [1.807, 2.05) is 18.5 Å². The van der Waals surface area contributed by atoms with E-state index in [0.29, 0.717) is 25.4 Å². The maximum Gasteiger partial charge on any atom is 0.289 e. The standard InChI is InChI=1S/C16H19N7O2/c1-11-8-17-19-23(11)9-13-14-10-21(6-3-7-22(14)20-18-13)16(24)15-5-4-12(2)25-15/h4-5,8H,3,6-7,9-10H2,1-2H3. The molecule has 4 rings (SSSR count). The van der Waals surface area contributed by atoms with Gasteiger partial charge in [-0.1, -0.05) is 10.4 Å². The van der Waals surface area contributed by atoms with E-state index in [2.05, 4.69) is 20.6 Å². The fourth-order valence-electron chi connectivity index (χ4n) is 3.00. The smallest absolute Gasteiger partial charge is 0.289 e. The van der Waals surface area contributed by atoms with E-state index in [0.717, 1.165) is 35.8 Å². The van der Waals surface area contributed by atoms with Crippen LogP contribution in [0.15, 0.2) is 22.7 Å². The maximum absolute atomic E-state index is 12.7. The van der Waals surface area contributed by atoms with Crippen LogP contribution < -0.4 is 0 Å². The van der Waals surface area contributed by atoms with Gasteiger partial charge in [-0.25, -0.2) is 9.36 Å². The summed E-state index contributed by atoms with van der Waals surface area (Å²) in [7, 11) is 0. The Bertz CT molecular complexity index is 907. The van der Waals surface area contributed by atoms with Crippen LogP contribution in [0, 0.1) is 13.8 Å². The molecule has 0 saturated heterocycles. The van der Waals surface area contributed by atoms with Gasteiger partial charge in [0.25, 0.3) is 5.91 Å². The summed E-state index contributed by atoms with van der Waals surface area (Å²) >= 11 is 0. The molecular weight excluding hydrogens is 322 g/mol. The van der Waals surface area contributed by atoms with Crippen molar-refractivity contribution in [2.24, 2.45) is 0 Å². The molecule has 0 radical (unpaired) electrons. The SMILES string of the molecule is Cc1ccc(C(=O)N2CCCn3nnc(Cn4nncc4C)c3C2)o1. The largest absolute Gasteiger partial charge is 0.456 e. The molecule has 0 spiro atoms. The van der Waals surface area contributed by atoms with Crippen molar-refractivity contribution in [3.8, 4) is 0 Å². The van der Waals surface area contributed by atoms with Crippen molar-refractivity contribution in [3.63, 3.8) is 0 Å². The van der Waals surface area contributed by atoms with Crippen molar-refractivity contribution >= 4 is 5.91 Å². The van der Waals surface area contributed by atoms with Gasteiger partial charge in [0.05, 0.1) is 30.7 Å². The number of aryl methyl sites for hydroxylation is 3. The Morgan fingerprint density at radius 3 is 2.84 bits per heavy atom. The Labute approximate surface area is 144 Å². The number of rotatable bonds is 3. The Morgan fingerprint density at radius 1 is 1.24 bits per heavy atom. The lowest BCUT2D eigenvalue weighted by molar-refractivity contribution is 0.0711. The molecular formula is C16H19N7O2. The van der Waals surface area contributed by atoms with Gasteiger partial charge in [0.15, 0.2) is 5.76 Å². The molecule has 0 saturated carbocycles. The van der Waals surface area contributed by atoms with Crippen molar-refractivity contribution in [2.45, 2.75) is 39.9 Å². The quantitative estimate of drug-likeness (QED) is 0.710. The van der Waals surface area contributed by atoms with E-state index in [1.165, 1.54) is 0 Å². The highest BCUT2D eigenvalue weighted by Crippen LogP contribution is 2.19. The number of aromatic nitrogens is 6. The minimum atomic E-state index is -0.106. The van der Waals surface area contributed by atoms with Crippen LogP contribution in [0.25, 0.3) is 0 Å². The van der Waals surface area contributed by atoms with E-state index < -0.39 is 0 Å². The average Bonchev–Trinajstić information content (AvgIpc) is 3.26. The third-order valence-corrected chi connectivity index (χ3v) is 4.41. The van der Waals surface area contributed by atoms with Crippen LogP contribution in [-0.2, 0) is 19.6 Å². The van der Waals surface area contributed by atoms with Crippen LogP contribution >= 0.6 is 0 Å². The van der Waals surface area contributed by atoms with Crippen molar-refractivity contribution in [3.05, 3.63) is 46.9 Å². The number of carbonyl (C=O) groups excluding carboxylic acids is 1. The van der Waals surface area contributed by atoms with Crippen molar-refractivity contribution < 1.29 is 9.21 Å². The third-order valence-electron chi connectivity index (χ3n) is 4.41. The summed E-state index contributed by atoms with van der Waals surface area (Å²) in [6.07, 6.45) is 2.53. The fourth-order valence-corrected chi connectivity index (χ4v) is 3.00. The lowest BCUT2D eigenvalue weighted by Crippen LogP contribution is -2.30. The highest BCUT2D eigenvalue weighted by atomic mass is 16.3. The van der Waals surface area contributed by atoms with Gasteiger partial charge < -0.3 is 9.32 Å². The third kappa shape index (κ3) is 2.92. The van der Waals surface area contributed by atoms with Gasteiger partial charge >= 0.3 is 0 Å². The first-order chi connectivity index (χ1) is 12.1. The van der Waals surface area contributed by atoms with Crippen molar-refractivity contribution in [1.82, 2.24) is 34.9 Å². The molecule has 3 aromatic rings. The van der Waals surface area contributed by atoms with E-state index in [-0.39, 0.29) is 5.91 Å². The molecule has 3 aromatic heterocycles. The Balaban J connectivity index is 1.60. The van der Waals surface area contributed by atoms with Gasteiger partial charge in [-0.15, -0.1) is 10.2 Å². The molecule has 4 heterocycles. The second-order valence-electron chi connectivity index (χ2n) is 6.23. The average molecular weight is 341 g/mol. The summed E-state index contributed by atoms with van der Waals surface area (Å²) in [4.78, 5) is 14.5. The van der Waals surface area contributed by atoms with E-state index in [1.54, 1.807) is 27.9 Å². The van der Waals surface area contributed by atoms with Gasteiger partial charge in [-0.2, -0.15) is 0 Å². The van der Waals surface area contributed by atoms with Crippen LogP contribution in [0.5, 0.6) is 0 Å².